The molecule has 0 aliphatic rings. The zero-order valence-corrected chi connectivity index (χ0v) is 12.0. The van der Waals surface area contributed by atoms with Gasteiger partial charge in [0.05, 0.1) is 7.11 Å². The molecule has 0 fully saturated rings. The summed E-state index contributed by atoms with van der Waals surface area (Å²) in [5.74, 6) is 8.46. The molecule has 2 rings (SSSR count). The summed E-state index contributed by atoms with van der Waals surface area (Å²) >= 11 is 1.58. The van der Waals surface area contributed by atoms with E-state index in [0.717, 1.165) is 35.3 Å². The first-order valence-corrected chi connectivity index (χ1v) is 7.18. The summed E-state index contributed by atoms with van der Waals surface area (Å²) in [5, 5.41) is 8.95. The van der Waals surface area contributed by atoms with Gasteiger partial charge in [-0.05, 0) is 24.1 Å². The molecule has 0 radical (unpaired) electrons. The lowest BCUT2D eigenvalue weighted by molar-refractivity contribution is 0.414. The molecule has 2 aromatic rings. The van der Waals surface area contributed by atoms with Crippen LogP contribution in [0, 0.1) is 0 Å². The van der Waals surface area contributed by atoms with Crippen molar-refractivity contribution in [2.45, 2.75) is 30.7 Å². The van der Waals surface area contributed by atoms with Crippen LogP contribution in [0.1, 0.15) is 24.7 Å². The summed E-state index contributed by atoms with van der Waals surface area (Å²) < 4.78 is 6.71. The number of thioether (sulfide) groups is 1. The fourth-order valence-corrected chi connectivity index (χ4v) is 2.50. The lowest BCUT2D eigenvalue weighted by Gasteiger charge is -2.04. The number of nitrogens with zero attached hydrogens (tertiary/aromatic N) is 3. The van der Waals surface area contributed by atoms with E-state index >= 15 is 0 Å². The topological polar surface area (TPSA) is 66.0 Å². The molecule has 0 saturated heterocycles. The minimum atomic E-state index is 0.749. The van der Waals surface area contributed by atoms with Gasteiger partial charge in [0.15, 0.2) is 5.82 Å². The lowest BCUT2D eigenvalue weighted by Crippen LogP contribution is -2.13. The third-order valence-corrected chi connectivity index (χ3v) is 3.75. The van der Waals surface area contributed by atoms with Crippen LogP contribution in [0.2, 0.25) is 0 Å². The van der Waals surface area contributed by atoms with Gasteiger partial charge in [-0.2, -0.15) is 0 Å². The number of aromatic nitrogens is 3. The van der Waals surface area contributed by atoms with Crippen LogP contribution >= 0.6 is 11.8 Å². The fourth-order valence-electron chi connectivity index (χ4n) is 1.67. The van der Waals surface area contributed by atoms with Gasteiger partial charge in [0.2, 0.25) is 5.16 Å². The second-order valence-electron chi connectivity index (χ2n) is 4.16. The molecule has 0 bridgehead atoms. The van der Waals surface area contributed by atoms with Gasteiger partial charge >= 0.3 is 0 Å². The van der Waals surface area contributed by atoms with Crippen LogP contribution in [0.25, 0.3) is 0 Å². The van der Waals surface area contributed by atoms with Crippen LogP contribution in [0.5, 0.6) is 5.75 Å². The van der Waals surface area contributed by atoms with Crippen molar-refractivity contribution in [3.63, 3.8) is 0 Å². The van der Waals surface area contributed by atoms with Crippen molar-refractivity contribution in [2.75, 3.05) is 13.0 Å². The maximum atomic E-state index is 5.95. The Bertz CT molecular complexity index is 524. The normalized spacial score (nSPS) is 10.6. The predicted octanol–water partition coefficient (Wildman–Crippen LogP) is 2.25. The molecule has 0 aliphatic heterocycles. The Morgan fingerprint density at radius 3 is 2.63 bits per heavy atom. The zero-order valence-electron chi connectivity index (χ0n) is 11.2. The number of hydrogen-bond acceptors (Lipinski definition) is 5. The molecule has 0 atom stereocenters. The Kier molecular flexibility index (Phi) is 4.68. The maximum absolute atomic E-state index is 5.95. The van der Waals surface area contributed by atoms with Crippen molar-refractivity contribution in [3.05, 3.63) is 35.7 Å². The molecule has 5 nitrogen and oxygen atoms in total. The molecule has 0 unspecified atom stereocenters. The van der Waals surface area contributed by atoms with E-state index in [-0.39, 0.29) is 0 Å². The standard InChI is InChI=1S/C13H18N4OS/c1-3-4-12-15-16-13(17(12)14)19-9-10-5-7-11(18-2)8-6-10/h5-8H,3-4,9,14H2,1-2H3. The lowest BCUT2D eigenvalue weighted by atomic mass is 10.2. The van der Waals surface area contributed by atoms with Crippen molar-refractivity contribution in [2.24, 2.45) is 0 Å². The summed E-state index contributed by atoms with van der Waals surface area (Å²) in [6.45, 7) is 2.10. The van der Waals surface area contributed by atoms with Crippen molar-refractivity contribution in [1.82, 2.24) is 14.9 Å². The van der Waals surface area contributed by atoms with Gasteiger partial charge in [0, 0.05) is 12.2 Å². The zero-order chi connectivity index (χ0) is 13.7. The SMILES string of the molecule is CCCc1nnc(SCc2ccc(OC)cc2)n1N. The van der Waals surface area contributed by atoms with E-state index in [1.807, 2.05) is 24.3 Å². The van der Waals surface area contributed by atoms with E-state index in [4.69, 9.17) is 10.6 Å². The largest absolute Gasteiger partial charge is 0.497 e. The predicted molar refractivity (Wildman–Crippen MR) is 76.7 cm³/mol. The second kappa shape index (κ2) is 6.47. The van der Waals surface area contributed by atoms with E-state index in [1.165, 1.54) is 5.56 Å². The van der Waals surface area contributed by atoms with E-state index in [0.29, 0.717) is 0 Å². The molecule has 0 amide bonds. The Hall–Kier alpha value is -1.69. The number of nitrogen functional groups attached to an aromatic ring is 1. The average molecular weight is 278 g/mol. The van der Waals surface area contributed by atoms with Gasteiger partial charge in [0.25, 0.3) is 0 Å². The Balaban J connectivity index is 1.97. The van der Waals surface area contributed by atoms with Crippen LogP contribution in [-0.2, 0) is 12.2 Å². The number of aryl methyl sites for hydroxylation is 1. The first kappa shape index (κ1) is 13.7. The summed E-state index contributed by atoms with van der Waals surface area (Å²) in [6.07, 6.45) is 1.87. The number of hydrogen-bond donors (Lipinski definition) is 1. The Morgan fingerprint density at radius 1 is 1.26 bits per heavy atom. The molecule has 1 aromatic carbocycles. The van der Waals surface area contributed by atoms with Gasteiger partial charge in [-0.15, -0.1) is 10.2 Å². The first-order chi connectivity index (χ1) is 9.24. The number of methoxy groups -OCH3 is 1. The highest BCUT2D eigenvalue weighted by Crippen LogP contribution is 2.22. The summed E-state index contributed by atoms with van der Waals surface area (Å²) in [4.78, 5) is 0. The minimum absolute atomic E-state index is 0.749. The molecule has 1 aromatic heterocycles. The molecular formula is C13H18N4OS. The smallest absolute Gasteiger partial charge is 0.210 e. The van der Waals surface area contributed by atoms with Crippen molar-refractivity contribution >= 4 is 11.8 Å². The van der Waals surface area contributed by atoms with Crippen LogP contribution in [0.15, 0.2) is 29.4 Å². The third-order valence-electron chi connectivity index (χ3n) is 2.74. The second-order valence-corrected chi connectivity index (χ2v) is 5.10. The highest BCUT2D eigenvalue weighted by atomic mass is 32.2. The van der Waals surface area contributed by atoms with E-state index in [2.05, 4.69) is 17.1 Å². The van der Waals surface area contributed by atoms with E-state index in [9.17, 15) is 0 Å². The molecule has 0 spiro atoms. The van der Waals surface area contributed by atoms with Crippen molar-refractivity contribution in [1.29, 1.82) is 0 Å². The summed E-state index contributed by atoms with van der Waals surface area (Å²) in [5.41, 5.74) is 1.20. The Morgan fingerprint density at radius 2 is 2.00 bits per heavy atom. The quantitative estimate of drug-likeness (QED) is 0.648. The fraction of sp³-hybridized carbons (Fsp3) is 0.385. The molecular weight excluding hydrogens is 260 g/mol. The van der Waals surface area contributed by atoms with E-state index in [1.54, 1.807) is 23.5 Å². The van der Waals surface area contributed by atoms with Gasteiger partial charge in [-0.3, -0.25) is 0 Å². The molecule has 0 saturated carbocycles. The maximum Gasteiger partial charge on any atom is 0.210 e. The van der Waals surface area contributed by atoms with Crippen LogP contribution < -0.4 is 10.6 Å². The summed E-state index contributed by atoms with van der Waals surface area (Å²) in [6, 6.07) is 7.98. The Labute approximate surface area is 117 Å². The van der Waals surface area contributed by atoms with Gasteiger partial charge in [0.1, 0.15) is 5.75 Å². The van der Waals surface area contributed by atoms with E-state index < -0.39 is 0 Å². The first-order valence-electron chi connectivity index (χ1n) is 6.19. The van der Waals surface area contributed by atoms with Crippen molar-refractivity contribution in [3.8, 4) is 5.75 Å². The average Bonchev–Trinajstić information content (AvgIpc) is 2.79. The summed E-state index contributed by atoms with van der Waals surface area (Å²) in [7, 11) is 1.66. The van der Waals surface area contributed by atoms with Gasteiger partial charge in [-0.25, -0.2) is 4.68 Å². The molecule has 6 heteroatoms. The van der Waals surface area contributed by atoms with Crippen molar-refractivity contribution < 1.29 is 4.74 Å². The third kappa shape index (κ3) is 3.41. The van der Waals surface area contributed by atoms with Gasteiger partial charge in [-0.1, -0.05) is 30.8 Å². The minimum Gasteiger partial charge on any atom is -0.497 e. The molecule has 19 heavy (non-hydrogen) atoms. The van der Waals surface area contributed by atoms with Crippen LogP contribution in [0.4, 0.5) is 0 Å². The monoisotopic (exact) mass is 278 g/mol. The molecule has 1 heterocycles. The number of benzene rings is 1. The molecule has 0 aliphatic carbocycles. The van der Waals surface area contributed by atoms with Crippen LogP contribution in [-0.4, -0.2) is 22.0 Å². The highest BCUT2D eigenvalue weighted by Gasteiger charge is 2.09. The number of nitrogens with two attached hydrogens (primary N) is 1. The molecule has 102 valence electrons. The number of rotatable bonds is 6. The molecule has 2 N–H and O–H groups in total. The van der Waals surface area contributed by atoms with Gasteiger partial charge < -0.3 is 10.6 Å². The number of ether oxygens (including phenoxy) is 1. The van der Waals surface area contributed by atoms with Crippen LogP contribution in [0.3, 0.4) is 0 Å². The highest BCUT2D eigenvalue weighted by molar-refractivity contribution is 7.98.